The van der Waals surface area contributed by atoms with E-state index in [-0.39, 0.29) is 11.4 Å². The molecule has 5 rings (SSSR count). The summed E-state index contributed by atoms with van der Waals surface area (Å²) in [7, 11) is 0. The van der Waals surface area contributed by atoms with Gasteiger partial charge in [-0.3, -0.25) is 0 Å². The third kappa shape index (κ3) is 1.50. The molecule has 116 valence electrons. The van der Waals surface area contributed by atoms with E-state index in [4.69, 9.17) is 10.1 Å². The molecule has 0 bridgehead atoms. The minimum absolute atomic E-state index is 0.0627. The molecule has 2 heterocycles. The van der Waals surface area contributed by atoms with Crippen LogP contribution in [0.1, 0.15) is 46.1 Å². The molecule has 3 unspecified atom stereocenters. The smallest absolute Gasteiger partial charge is 0.129 e. The van der Waals surface area contributed by atoms with Gasteiger partial charge in [0.2, 0.25) is 0 Å². The fraction of sp³-hybridized carbons (Fsp3) is 0.556. The number of nitrogens with zero attached hydrogens (tertiary/aromatic N) is 3. The fourth-order valence-corrected chi connectivity index (χ4v) is 4.33. The molecule has 1 spiro atoms. The van der Waals surface area contributed by atoms with Crippen LogP contribution >= 0.6 is 0 Å². The van der Waals surface area contributed by atoms with E-state index < -0.39 is 0 Å². The van der Waals surface area contributed by atoms with Crippen LogP contribution in [0.4, 0.5) is 10.1 Å². The number of hydrogen-bond acceptors (Lipinski definition) is 3. The maximum Gasteiger partial charge on any atom is 0.129 e. The highest BCUT2D eigenvalue weighted by Crippen LogP contribution is 2.69. The molecule has 4 heteroatoms. The first kappa shape index (κ1) is 13.9. The zero-order chi connectivity index (χ0) is 15.6. The molecular formula is C18H22FN3. The van der Waals surface area contributed by atoms with Crippen molar-refractivity contribution in [3.8, 4) is 0 Å². The maximum atomic E-state index is 13.6. The minimum Gasteiger partial charge on any atom is -0.240 e. The van der Waals surface area contributed by atoms with Crippen LogP contribution in [-0.2, 0) is 5.54 Å². The summed E-state index contributed by atoms with van der Waals surface area (Å²) in [4.78, 5) is 4.75. The first-order chi connectivity index (χ1) is 10.6. The molecule has 1 aromatic rings. The number of rotatable bonds is 1. The lowest BCUT2D eigenvalue weighted by Gasteiger charge is -2.34. The highest BCUT2D eigenvalue weighted by molar-refractivity contribution is 6.01. The Morgan fingerprint density at radius 2 is 2.00 bits per heavy atom. The van der Waals surface area contributed by atoms with Gasteiger partial charge in [0, 0.05) is 23.1 Å². The van der Waals surface area contributed by atoms with Gasteiger partial charge in [0.25, 0.3) is 0 Å². The number of halogens is 1. The van der Waals surface area contributed by atoms with Gasteiger partial charge >= 0.3 is 0 Å². The van der Waals surface area contributed by atoms with E-state index in [9.17, 15) is 4.39 Å². The van der Waals surface area contributed by atoms with Crippen LogP contribution in [0.15, 0.2) is 28.3 Å². The van der Waals surface area contributed by atoms with Crippen LogP contribution in [0.3, 0.4) is 0 Å². The second-order valence-electron chi connectivity index (χ2n) is 6.55. The number of aliphatic imine (C=N–C) groups is 1. The van der Waals surface area contributed by atoms with Crippen LogP contribution in [0, 0.1) is 23.6 Å². The predicted octanol–water partition coefficient (Wildman–Crippen LogP) is 4.46. The Labute approximate surface area is 130 Å². The molecule has 3 nitrogen and oxygen atoms in total. The van der Waals surface area contributed by atoms with Gasteiger partial charge in [0.15, 0.2) is 0 Å². The van der Waals surface area contributed by atoms with Gasteiger partial charge in [0.05, 0.1) is 5.69 Å². The van der Waals surface area contributed by atoms with Crippen LogP contribution in [0.2, 0.25) is 0 Å². The van der Waals surface area contributed by atoms with Crippen molar-refractivity contribution >= 4 is 17.2 Å². The van der Waals surface area contributed by atoms with E-state index in [1.54, 1.807) is 12.1 Å². The molecule has 2 fully saturated rings. The van der Waals surface area contributed by atoms with Crippen molar-refractivity contribution in [1.82, 2.24) is 5.01 Å². The van der Waals surface area contributed by atoms with Crippen LogP contribution in [0.25, 0.3) is 0 Å². The molecule has 0 N–H and O–H groups in total. The highest BCUT2D eigenvalue weighted by atomic mass is 19.1. The number of fused-ring (bicyclic) bond motifs is 1. The summed E-state index contributed by atoms with van der Waals surface area (Å²) in [5, 5.41) is 6.95. The second-order valence-corrected chi connectivity index (χ2v) is 6.55. The number of hydrogen-bond donors (Lipinski definition) is 0. The van der Waals surface area contributed by atoms with Crippen molar-refractivity contribution in [2.45, 2.75) is 46.1 Å². The lowest BCUT2D eigenvalue weighted by atomic mass is 9.95. The summed E-state index contributed by atoms with van der Waals surface area (Å²) >= 11 is 0. The van der Waals surface area contributed by atoms with E-state index in [1.807, 2.05) is 19.9 Å². The number of hydrazone groups is 1. The molecule has 0 amide bonds. The summed E-state index contributed by atoms with van der Waals surface area (Å²) in [5.41, 5.74) is 3.11. The first-order valence-corrected chi connectivity index (χ1v) is 8.38. The predicted molar refractivity (Wildman–Crippen MR) is 86.8 cm³/mol. The Bertz CT molecular complexity index is 704. The standard InChI is InChI=1S/C16H16FN3.C2H6/c1-8-14-9(2)19-20-15(10-3-4-10)18-13-7-11(17)5-6-12(13)16(8,14)20;1-2/h5-8,10,14H,3-4H2,1-2H3;1-2H3. The first-order valence-electron chi connectivity index (χ1n) is 8.38. The van der Waals surface area contributed by atoms with Crippen LogP contribution in [-0.4, -0.2) is 16.6 Å². The summed E-state index contributed by atoms with van der Waals surface area (Å²) < 4.78 is 13.6. The molecule has 0 saturated heterocycles. The molecule has 3 atom stereocenters. The number of benzene rings is 1. The Hall–Kier alpha value is -1.71. The Morgan fingerprint density at radius 3 is 2.64 bits per heavy atom. The van der Waals surface area contributed by atoms with Gasteiger partial charge in [-0.1, -0.05) is 26.8 Å². The van der Waals surface area contributed by atoms with Gasteiger partial charge in [-0.05, 0) is 37.8 Å². The average molecular weight is 299 g/mol. The highest BCUT2D eigenvalue weighted by Gasteiger charge is 2.74. The van der Waals surface area contributed by atoms with Gasteiger partial charge in [-0.25, -0.2) is 14.4 Å². The number of amidine groups is 1. The van der Waals surface area contributed by atoms with Crippen molar-refractivity contribution in [2.24, 2.45) is 27.8 Å². The molecule has 2 aliphatic carbocycles. The largest absolute Gasteiger partial charge is 0.240 e. The zero-order valence-corrected chi connectivity index (χ0v) is 13.6. The molecule has 1 aromatic carbocycles. The van der Waals surface area contributed by atoms with Crippen molar-refractivity contribution in [1.29, 1.82) is 0 Å². The van der Waals surface area contributed by atoms with E-state index in [2.05, 4.69) is 18.9 Å². The van der Waals surface area contributed by atoms with Crippen molar-refractivity contribution in [2.75, 3.05) is 0 Å². The third-order valence-electron chi connectivity index (χ3n) is 5.40. The lowest BCUT2D eigenvalue weighted by molar-refractivity contribution is 0.284. The van der Waals surface area contributed by atoms with Crippen molar-refractivity contribution < 1.29 is 4.39 Å². The molecule has 2 aliphatic heterocycles. The average Bonchev–Trinajstić information content (AvgIpc) is 3.40. The maximum absolute atomic E-state index is 13.6. The fourth-order valence-electron chi connectivity index (χ4n) is 4.33. The quantitative estimate of drug-likeness (QED) is 0.752. The molecule has 4 aliphatic rings. The van der Waals surface area contributed by atoms with E-state index in [0.717, 1.165) is 17.1 Å². The van der Waals surface area contributed by atoms with Gasteiger partial charge in [0.1, 0.15) is 17.2 Å². The van der Waals surface area contributed by atoms with Crippen LogP contribution in [0.5, 0.6) is 0 Å². The molecule has 0 radical (unpaired) electrons. The van der Waals surface area contributed by atoms with Gasteiger partial charge in [-0.2, -0.15) is 5.10 Å². The molecular weight excluding hydrogens is 277 g/mol. The van der Waals surface area contributed by atoms with Crippen LogP contribution < -0.4 is 0 Å². The summed E-state index contributed by atoms with van der Waals surface area (Å²) in [6.45, 7) is 8.39. The molecule has 0 aromatic heterocycles. The lowest BCUT2D eigenvalue weighted by Crippen LogP contribution is -2.40. The van der Waals surface area contributed by atoms with Gasteiger partial charge < -0.3 is 0 Å². The van der Waals surface area contributed by atoms with E-state index in [1.165, 1.54) is 18.6 Å². The third-order valence-corrected chi connectivity index (χ3v) is 5.40. The summed E-state index contributed by atoms with van der Waals surface area (Å²) in [6.07, 6.45) is 2.37. The zero-order valence-electron chi connectivity index (χ0n) is 13.6. The van der Waals surface area contributed by atoms with Gasteiger partial charge in [-0.15, -0.1) is 0 Å². The SMILES string of the molecule is CC.CC1=NN2C(C3CC3)=Nc3cc(F)ccc3C23C(C)C13. The topological polar surface area (TPSA) is 28.0 Å². The normalized spacial score (nSPS) is 33.8. The molecule has 22 heavy (non-hydrogen) atoms. The molecule has 2 saturated carbocycles. The van der Waals surface area contributed by atoms with Crippen molar-refractivity contribution in [3.05, 3.63) is 29.6 Å². The minimum atomic E-state index is -0.201. The van der Waals surface area contributed by atoms with E-state index in [0.29, 0.717) is 17.8 Å². The summed E-state index contributed by atoms with van der Waals surface area (Å²) in [6, 6.07) is 5.05. The van der Waals surface area contributed by atoms with Crippen molar-refractivity contribution in [3.63, 3.8) is 0 Å². The summed E-state index contributed by atoms with van der Waals surface area (Å²) in [5.74, 6) is 2.39. The monoisotopic (exact) mass is 299 g/mol. The second kappa shape index (κ2) is 4.40. The Balaban J connectivity index is 0.000000602. The Morgan fingerprint density at radius 1 is 1.27 bits per heavy atom. The Kier molecular flexibility index (Phi) is 2.78. The van der Waals surface area contributed by atoms with E-state index >= 15 is 0 Å².